The Morgan fingerprint density at radius 3 is 2.12 bits per heavy atom. The van der Waals surface area contributed by atoms with Crippen LogP contribution in [-0.2, 0) is 9.59 Å². The molecule has 16 heavy (non-hydrogen) atoms. The maximum absolute atomic E-state index is 11.8. The van der Waals surface area contributed by atoms with E-state index in [0.717, 1.165) is 12.8 Å². The van der Waals surface area contributed by atoms with Crippen molar-refractivity contribution in [2.24, 2.45) is 11.8 Å². The second-order valence-corrected chi connectivity index (χ2v) is 4.90. The van der Waals surface area contributed by atoms with E-state index in [1.165, 1.54) is 0 Å². The summed E-state index contributed by atoms with van der Waals surface area (Å²) in [6.07, 6.45) is 0.548. The predicted molar refractivity (Wildman–Crippen MR) is 60.8 cm³/mol. The van der Waals surface area contributed by atoms with Crippen molar-refractivity contribution < 1.29 is 14.7 Å². The first-order chi connectivity index (χ1) is 7.43. The van der Waals surface area contributed by atoms with E-state index in [1.807, 2.05) is 13.8 Å². The number of rotatable bonds is 3. The molecule has 0 spiro atoms. The fourth-order valence-corrected chi connectivity index (χ4v) is 1.98. The predicted octanol–water partition coefficient (Wildman–Crippen LogP) is 0.831. The van der Waals surface area contributed by atoms with Crippen molar-refractivity contribution in [3.05, 3.63) is 0 Å². The summed E-state index contributed by atoms with van der Waals surface area (Å²) in [6, 6.07) is 0. The highest BCUT2D eigenvalue weighted by molar-refractivity contribution is 5.82. The fourth-order valence-electron chi connectivity index (χ4n) is 1.98. The molecule has 4 heteroatoms. The lowest BCUT2D eigenvalue weighted by molar-refractivity contribution is -0.144. The molecule has 1 N–H and O–H groups in total. The number of likely N-dealkylation sites (tertiary alicyclic amines) is 1. The van der Waals surface area contributed by atoms with Gasteiger partial charge in [0, 0.05) is 19.0 Å². The Morgan fingerprint density at radius 2 is 1.75 bits per heavy atom. The Morgan fingerprint density at radius 1 is 1.25 bits per heavy atom. The van der Waals surface area contributed by atoms with E-state index in [1.54, 1.807) is 11.8 Å². The molecule has 92 valence electrons. The highest BCUT2D eigenvalue weighted by Gasteiger charge is 2.29. The summed E-state index contributed by atoms with van der Waals surface area (Å²) in [5, 5.41) is 9.66. The average Bonchev–Trinajstić information content (AvgIpc) is 2.27. The van der Waals surface area contributed by atoms with E-state index >= 15 is 0 Å². The van der Waals surface area contributed by atoms with Gasteiger partial charge in [-0.05, 0) is 25.7 Å². The Kier molecular flexibility index (Phi) is 4.47. The quantitative estimate of drug-likeness (QED) is 0.777. The highest BCUT2D eigenvalue weighted by Crippen LogP contribution is 2.19. The minimum atomic E-state index is -0.908. The van der Waals surface area contributed by atoms with Crippen LogP contribution in [0.1, 0.15) is 33.6 Å². The van der Waals surface area contributed by atoms with Gasteiger partial charge in [-0.3, -0.25) is 9.59 Å². The molecule has 0 bridgehead atoms. The van der Waals surface area contributed by atoms with E-state index < -0.39 is 6.10 Å². The second-order valence-electron chi connectivity index (χ2n) is 4.90. The summed E-state index contributed by atoms with van der Waals surface area (Å²) in [5.74, 6) is 0.0479. The maximum atomic E-state index is 11.8. The van der Waals surface area contributed by atoms with Crippen molar-refractivity contribution in [3.8, 4) is 0 Å². The molecule has 0 saturated carbocycles. The van der Waals surface area contributed by atoms with E-state index in [4.69, 9.17) is 0 Å². The number of nitrogens with zero attached hydrogens (tertiary/aromatic N) is 1. The van der Waals surface area contributed by atoms with Crippen LogP contribution in [0.2, 0.25) is 0 Å². The van der Waals surface area contributed by atoms with Crippen molar-refractivity contribution in [2.45, 2.75) is 39.7 Å². The van der Waals surface area contributed by atoms with Gasteiger partial charge >= 0.3 is 0 Å². The van der Waals surface area contributed by atoms with Gasteiger partial charge in [0.2, 0.25) is 0 Å². The Labute approximate surface area is 96.6 Å². The third-order valence-corrected chi connectivity index (χ3v) is 3.27. The molecule has 1 atom stereocenters. The average molecular weight is 227 g/mol. The zero-order chi connectivity index (χ0) is 12.3. The summed E-state index contributed by atoms with van der Waals surface area (Å²) in [4.78, 5) is 24.6. The van der Waals surface area contributed by atoms with Gasteiger partial charge in [-0.1, -0.05) is 13.8 Å². The van der Waals surface area contributed by atoms with Gasteiger partial charge in [-0.25, -0.2) is 0 Å². The number of ketones is 1. The Hall–Kier alpha value is -0.900. The van der Waals surface area contributed by atoms with Crippen LogP contribution in [0, 0.1) is 11.8 Å². The van der Waals surface area contributed by atoms with Crippen molar-refractivity contribution in [2.75, 3.05) is 13.1 Å². The van der Waals surface area contributed by atoms with Gasteiger partial charge < -0.3 is 10.0 Å². The van der Waals surface area contributed by atoms with E-state index in [2.05, 4.69) is 0 Å². The Balaban J connectivity index is 2.47. The number of hydrogen-bond donors (Lipinski definition) is 1. The van der Waals surface area contributed by atoms with Crippen LogP contribution in [0.4, 0.5) is 0 Å². The van der Waals surface area contributed by atoms with Crippen LogP contribution in [0.3, 0.4) is 0 Å². The highest BCUT2D eigenvalue weighted by atomic mass is 16.3. The van der Waals surface area contributed by atoms with Crippen molar-refractivity contribution >= 4 is 11.7 Å². The number of piperidine rings is 1. The molecular weight excluding hydrogens is 206 g/mol. The van der Waals surface area contributed by atoms with Gasteiger partial charge in [-0.15, -0.1) is 0 Å². The van der Waals surface area contributed by atoms with Crippen LogP contribution in [-0.4, -0.2) is 40.9 Å². The van der Waals surface area contributed by atoms with Gasteiger partial charge in [0.25, 0.3) is 5.91 Å². The molecule has 1 aliphatic heterocycles. The third kappa shape index (κ3) is 3.04. The number of carbonyl (C=O) groups excluding carboxylic acids is 2. The van der Waals surface area contributed by atoms with Crippen LogP contribution in [0.5, 0.6) is 0 Å². The number of aliphatic hydroxyl groups excluding tert-OH is 1. The van der Waals surface area contributed by atoms with Crippen molar-refractivity contribution in [3.63, 3.8) is 0 Å². The summed E-state index contributed by atoms with van der Waals surface area (Å²) in [6.45, 7) is 6.43. The van der Waals surface area contributed by atoms with Crippen LogP contribution in [0.25, 0.3) is 0 Å². The minimum absolute atomic E-state index is 0.0574. The molecular formula is C12H21NO3. The number of amides is 1. The van der Waals surface area contributed by atoms with Crippen LogP contribution < -0.4 is 0 Å². The van der Waals surface area contributed by atoms with Gasteiger partial charge in [0.1, 0.15) is 11.9 Å². The van der Waals surface area contributed by atoms with Gasteiger partial charge in [0.15, 0.2) is 0 Å². The molecule has 0 aromatic heterocycles. The number of carbonyl (C=O) groups is 2. The smallest absolute Gasteiger partial charge is 0.251 e. The van der Waals surface area contributed by atoms with Crippen molar-refractivity contribution in [1.29, 1.82) is 0 Å². The lowest BCUT2D eigenvalue weighted by Crippen LogP contribution is -2.46. The summed E-state index contributed by atoms with van der Waals surface area (Å²) < 4.78 is 0. The summed E-state index contributed by atoms with van der Waals surface area (Å²) in [5.41, 5.74) is 0. The molecule has 0 radical (unpaired) electrons. The monoisotopic (exact) mass is 227 g/mol. The molecule has 1 aliphatic rings. The first kappa shape index (κ1) is 13.2. The first-order valence-electron chi connectivity index (χ1n) is 5.90. The van der Waals surface area contributed by atoms with Gasteiger partial charge in [-0.2, -0.15) is 0 Å². The molecule has 0 aliphatic carbocycles. The fraction of sp³-hybridized carbons (Fsp3) is 0.833. The van der Waals surface area contributed by atoms with E-state index in [9.17, 15) is 14.7 Å². The summed E-state index contributed by atoms with van der Waals surface area (Å²) in [7, 11) is 0. The largest absolute Gasteiger partial charge is 0.383 e. The Bertz CT molecular complexity index is 267. The topological polar surface area (TPSA) is 57.6 Å². The molecule has 4 nitrogen and oxygen atoms in total. The molecule has 1 saturated heterocycles. The van der Waals surface area contributed by atoms with Crippen molar-refractivity contribution in [1.82, 2.24) is 4.90 Å². The number of aliphatic hydroxyl groups is 1. The van der Waals surface area contributed by atoms with E-state index in [0.29, 0.717) is 13.1 Å². The lowest BCUT2D eigenvalue weighted by atomic mass is 9.92. The normalized spacial score (nSPS) is 19.9. The first-order valence-corrected chi connectivity index (χ1v) is 5.90. The molecule has 1 rings (SSSR count). The SMILES string of the molecule is CC(=O)C1CCN(C(=O)C(O)C(C)C)CC1. The molecule has 1 unspecified atom stereocenters. The van der Waals surface area contributed by atoms with Gasteiger partial charge in [0.05, 0.1) is 0 Å². The second kappa shape index (κ2) is 5.43. The van der Waals surface area contributed by atoms with Crippen LogP contribution in [0.15, 0.2) is 0 Å². The third-order valence-electron chi connectivity index (χ3n) is 3.27. The molecule has 1 amide bonds. The minimum Gasteiger partial charge on any atom is -0.383 e. The summed E-state index contributed by atoms with van der Waals surface area (Å²) >= 11 is 0. The van der Waals surface area contributed by atoms with E-state index in [-0.39, 0.29) is 23.5 Å². The number of Topliss-reactive ketones (excluding diaryl/α,β-unsaturated/α-hetero) is 1. The van der Waals surface area contributed by atoms with Crippen LogP contribution >= 0.6 is 0 Å². The zero-order valence-corrected chi connectivity index (χ0v) is 10.3. The molecule has 0 aromatic rings. The number of hydrogen-bond acceptors (Lipinski definition) is 3. The lowest BCUT2D eigenvalue weighted by Gasteiger charge is -2.32. The molecule has 1 fully saturated rings. The standard InChI is InChI=1S/C12H21NO3/c1-8(2)11(15)12(16)13-6-4-10(5-7-13)9(3)14/h8,10-11,15H,4-7H2,1-3H3. The molecule has 1 heterocycles. The maximum Gasteiger partial charge on any atom is 0.251 e. The molecule has 0 aromatic carbocycles. The zero-order valence-electron chi connectivity index (χ0n) is 10.3.